The molecule has 8 heteroatoms. The van der Waals surface area contributed by atoms with E-state index < -0.39 is 5.91 Å². The summed E-state index contributed by atoms with van der Waals surface area (Å²) in [6.45, 7) is 2.78. The molecule has 0 bridgehead atoms. The molecule has 2 amide bonds. The lowest BCUT2D eigenvalue weighted by Crippen LogP contribution is -2.41. The van der Waals surface area contributed by atoms with Crippen LogP contribution in [0.3, 0.4) is 0 Å². The summed E-state index contributed by atoms with van der Waals surface area (Å²) in [5, 5.41) is 0.391. The Hall–Kier alpha value is -2.93. The van der Waals surface area contributed by atoms with Crippen molar-refractivity contribution in [1.82, 2.24) is 10.9 Å². The van der Waals surface area contributed by atoms with Crippen LogP contribution in [0.1, 0.15) is 30.1 Å². The van der Waals surface area contributed by atoms with Crippen molar-refractivity contribution in [2.45, 2.75) is 19.8 Å². The number of carbonyl (C=O) groups excluding carboxylic acids is 2. The Morgan fingerprint density at radius 1 is 1.00 bits per heavy atom. The summed E-state index contributed by atoms with van der Waals surface area (Å²) < 4.78 is 16.3. The standard InChI is InChI=1S/C20H23ClN2O5/c1-3-27-17-7-4-5-8-18(17)28-12-6-9-19(24)22-23-20(25)15-13-14(21)10-11-16(15)26-2/h4-5,7-8,10-11,13H,3,6,9,12H2,1-2H3,(H,22,24)(H,23,25). The fourth-order valence-corrected chi connectivity index (χ4v) is 2.55. The first-order valence-electron chi connectivity index (χ1n) is 8.82. The van der Waals surface area contributed by atoms with Gasteiger partial charge in [-0.05, 0) is 43.7 Å². The largest absolute Gasteiger partial charge is 0.496 e. The molecule has 150 valence electrons. The summed E-state index contributed by atoms with van der Waals surface area (Å²) in [6.07, 6.45) is 0.659. The second-order valence-electron chi connectivity index (χ2n) is 5.68. The van der Waals surface area contributed by atoms with Gasteiger partial charge in [0, 0.05) is 11.4 Å². The lowest BCUT2D eigenvalue weighted by Gasteiger charge is -2.12. The molecule has 2 rings (SSSR count). The SMILES string of the molecule is CCOc1ccccc1OCCCC(=O)NNC(=O)c1cc(Cl)ccc1OC. The third kappa shape index (κ3) is 6.35. The summed E-state index contributed by atoms with van der Waals surface area (Å²) in [6, 6.07) is 12.0. The van der Waals surface area contributed by atoms with E-state index in [0.29, 0.717) is 41.9 Å². The van der Waals surface area contributed by atoms with Gasteiger partial charge in [-0.1, -0.05) is 23.7 Å². The fraction of sp³-hybridized carbons (Fsp3) is 0.300. The Labute approximate surface area is 168 Å². The van der Waals surface area contributed by atoms with Gasteiger partial charge in [0.1, 0.15) is 5.75 Å². The first kappa shape index (κ1) is 21.4. The molecule has 0 aliphatic carbocycles. The highest BCUT2D eigenvalue weighted by molar-refractivity contribution is 6.31. The highest BCUT2D eigenvalue weighted by Gasteiger charge is 2.13. The predicted molar refractivity (Wildman–Crippen MR) is 106 cm³/mol. The average molecular weight is 407 g/mol. The molecule has 0 aliphatic heterocycles. The molecule has 2 N–H and O–H groups in total. The summed E-state index contributed by atoms with van der Waals surface area (Å²) in [5.41, 5.74) is 4.94. The highest BCUT2D eigenvalue weighted by atomic mass is 35.5. The van der Waals surface area contributed by atoms with E-state index in [2.05, 4.69) is 10.9 Å². The highest BCUT2D eigenvalue weighted by Crippen LogP contribution is 2.26. The maximum absolute atomic E-state index is 12.2. The van der Waals surface area contributed by atoms with Crippen molar-refractivity contribution in [3.8, 4) is 17.2 Å². The number of nitrogens with one attached hydrogen (secondary N) is 2. The molecule has 28 heavy (non-hydrogen) atoms. The Kier molecular flexibility index (Phi) is 8.42. The summed E-state index contributed by atoms with van der Waals surface area (Å²) in [7, 11) is 1.45. The van der Waals surface area contributed by atoms with Crippen LogP contribution in [0, 0.1) is 0 Å². The third-order valence-electron chi connectivity index (χ3n) is 3.68. The number of amides is 2. The lowest BCUT2D eigenvalue weighted by molar-refractivity contribution is -0.122. The second-order valence-corrected chi connectivity index (χ2v) is 6.12. The van der Waals surface area contributed by atoms with Crippen molar-refractivity contribution in [3.05, 3.63) is 53.1 Å². The van der Waals surface area contributed by atoms with Gasteiger partial charge in [0.25, 0.3) is 5.91 Å². The molecule has 7 nitrogen and oxygen atoms in total. The molecule has 0 aliphatic rings. The molecule has 0 heterocycles. The number of methoxy groups -OCH3 is 1. The van der Waals surface area contributed by atoms with Crippen molar-refractivity contribution in [3.63, 3.8) is 0 Å². The fourth-order valence-electron chi connectivity index (χ4n) is 2.37. The number of hydrogen-bond acceptors (Lipinski definition) is 5. The zero-order chi connectivity index (χ0) is 20.4. The van der Waals surface area contributed by atoms with Crippen LogP contribution in [-0.2, 0) is 4.79 Å². The van der Waals surface area contributed by atoms with Crippen molar-refractivity contribution in [1.29, 1.82) is 0 Å². The molecule has 2 aromatic rings. The van der Waals surface area contributed by atoms with Gasteiger partial charge in [-0.15, -0.1) is 0 Å². The van der Waals surface area contributed by atoms with Gasteiger partial charge in [0.15, 0.2) is 11.5 Å². The van der Waals surface area contributed by atoms with E-state index in [1.54, 1.807) is 12.1 Å². The van der Waals surface area contributed by atoms with Crippen LogP contribution >= 0.6 is 11.6 Å². The summed E-state index contributed by atoms with van der Waals surface area (Å²) in [5.74, 6) is 0.798. The maximum atomic E-state index is 12.2. The number of hydrazine groups is 1. The van der Waals surface area contributed by atoms with E-state index in [0.717, 1.165) is 0 Å². The first-order valence-corrected chi connectivity index (χ1v) is 9.20. The molecular formula is C20H23ClN2O5. The average Bonchev–Trinajstić information content (AvgIpc) is 2.70. The number of halogens is 1. The third-order valence-corrected chi connectivity index (χ3v) is 3.91. The molecule has 0 radical (unpaired) electrons. The van der Waals surface area contributed by atoms with E-state index in [-0.39, 0.29) is 17.9 Å². The van der Waals surface area contributed by atoms with Crippen LogP contribution in [0.5, 0.6) is 17.2 Å². The van der Waals surface area contributed by atoms with Crippen LogP contribution in [-0.4, -0.2) is 32.1 Å². The van der Waals surface area contributed by atoms with Crippen molar-refractivity contribution < 1.29 is 23.8 Å². The van der Waals surface area contributed by atoms with Crippen LogP contribution in [0.2, 0.25) is 5.02 Å². The van der Waals surface area contributed by atoms with Gasteiger partial charge in [-0.3, -0.25) is 20.4 Å². The molecule has 0 aromatic heterocycles. The molecule has 0 saturated heterocycles. The lowest BCUT2D eigenvalue weighted by atomic mass is 10.2. The van der Waals surface area contributed by atoms with Crippen molar-refractivity contribution in [2.24, 2.45) is 0 Å². The van der Waals surface area contributed by atoms with Gasteiger partial charge in [-0.2, -0.15) is 0 Å². The number of para-hydroxylation sites is 2. The van der Waals surface area contributed by atoms with Gasteiger partial charge in [-0.25, -0.2) is 0 Å². The Balaban J connectivity index is 1.75. The second kappa shape index (κ2) is 11.0. The number of rotatable bonds is 9. The van der Waals surface area contributed by atoms with E-state index in [1.165, 1.54) is 13.2 Å². The Morgan fingerprint density at radius 3 is 2.39 bits per heavy atom. The normalized spacial score (nSPS) is 10.1. The van der Waals surface area contributed by atoms with E-state index in [1.807, 2.05) is 31.2 Å². The van der Waals surface area contributed by atoms with Crippen LogP contribution in [0.25, 0.3) is 0 Å². The minimum Gasteiger partial charge on any atom is -0.496 e. The van der Waals surface area contributed by atoms with E-state index in [4.69, 9.17) is 25.8 Å². The van der Waals surface area contributed by atoms with Gasteiger partial charge < -0.3 is 14.2 Å². The van der Waals surface area contributed by atoms with Gasteiger partial charge in [0.05, 0.1) is 25.9 Å². The molecule has 2 aromatic carbocycles. The maximum Gasteiger partial charge on any atom is 0.273 e. The monoisotopic (exact) mass is 406 g/mol. The van der Waals surface area contributed by atoms with Crippen LogP contribution in [0.15, 0.2) is 42.5 Å². The van der Waals surface area contributed by atoms with Gasteiger partial charge >= 0.3 is 0 Å². The van der Waals surface area contributed by atoms with Crippen LogP contribution < -0.4 is 25.1 Å². The topological polar surface area (TPSA) is 85.9 Å². The van der Waals surface area contributed by atoms with E-state index >= 15 is 0 Å². The minimum atomic E-state index is -0.519. The smallest absolute Gasteiger partial charge is 0.273 e. The summed E-state index contributed by atoms with van der Waals surface area (Å²) in [4.78, 5) is 24.1. The zero-order valence-electron chi connectivity index (χ0n) is 15.8. The van der Waals surface area contributed by atoms with Crippen LogP contribution in [0.4, 0.5) is 0 Å². The molecule has 0 spiro atoms. The first-order chi connectivity index (χ1) is 13.5. The molecule has 0 atom stereocenters. The Bertz CT molecular complexity index is 813. The predicted octanol–water partition coefficient (Wildman–Crippen LogP) is 3.37. The number of hydrogen-bond donors (Lipinski definition) is 2. The van der Waals surface area contributed by atoms with Crippen molar-refractivity contribution in [2.75, 3.05) is 20.3 Å². The minimum absolute atomic E-state index is 0.184. The summed E-state index contributed by atoms with van der Waals surface area (Å²) >= 11 is 5.90. The zero-order valence-corrected chi connectivity index (χ0v) is 16.5. The van der Waals surface area contributed by atoms with Gasteiger partial charge in [0.2, 0.25) is 5.91 Å². The molecule has 0 fully saturated rings. The van der Waals surface area contributed by atoms with E-state index in [9.17, 15) is 9.59 Å². The number of carbonyl (C=O) groups is 2. The number of benzene rings is 2. The quantitative estimate of drug-likeness (QED) is 0.492. The number of ether oxygens (including phenoxy) is 3. The molecule has 0 unspecified atom stereocenters. The molecular weight excluding hydrogens is 384 g/mol. The van der Waals surface area contributed by atoms with Crippen molar-refractivity contribution >= 4 is 23.4 Å². The molecule has 0 saturated carbocycles. The Morgan fingerprint density at radius 2 is 1.71 bits per heavy atom.